The predicted octanol–water partition coefficient (Wildman–Crippen LogP) is 3.57. The van der Waals surface area contributed by atoms with Gasteiger partial charge in [-0.05, 0) is 30.3 Å². The van der Waals surface area contributed by atoms with Crippen LogP contribution in [0.1, 0.15) is 10.4 Å². The van der Waals surface area contributed by atoms with Crippen molar-refractivity contribution < 1.29 is 23.0 Å². The van der Waals surface area contributed by atoms with Crippen LogP contribution in [-0.2, 0) is 0 Å². The van der Waals surface area contributed by atoms with Gasteiger partial charge in [-0.3, -0.25) is 4.79 Å². The van der Waals surface area contributed by atoms with Crippen LogP contribution >= 0.6 is 0 Å². The Hall–Kier alpha value is -2.63. The van der Waals surface area contributed by atoms with E-state index in [1.54, 1.807) is 19.2 Å². The van der Waals surface area contributed by atoms with Gasteiger partial charge < -0.3 is 14.4 Å². The van der Waals surface area contributed by atoms with Crippen LogP contribution in [0.25, 0.3) is 0 Å². The normalized spacial score (nSPS) is 10.4. The SMILES string of the molecule is COc1cc(C(=O)N(C)c2ccccc2)ccc1OC(F)F. The predicted molar refractivity (Wildman–Crippen MR) is 78.8 cm³/mol. The number of ether oxygens (including phenoxy) is 2. The number of nitrogens with zero attached hydrogens (tertiary/aromatic N) is 1. The molecule has 116 valence electrons. The minimum Gasteiger partial charge on any atom is -0.493 e. The molecule has 1 amide bonds. The summed E-state index contributed by atoms with van der Waals surface area (Å²) in [7, 11) is 2.95. The molecule has 22 heavy (non-hydrogen) atoms. The van der Waals surface area contributed by atoms with Gasteiger partial charge in [0.15, 0.2) is 11.5 Å². The number of methoxy groups -OCH3 is 1. The number of para-hydroxylation sites is 1. The lowest BCUT2D eigenvalue weighted by Crippen LogP contribution is -2.26. The van der Waals surface area contributed by atoms with Crippen molar-refractivity contribution in [2.45, 2.75) is 6.61 Å². The second-order valence-electron chi connectivity index (χ2n) is 4.44. The lowest BCUT2D eigenvalue weighted by molar-refractivity contribution is -0.0512. The number of anilines is 1. The maximum atomic E-state index is 12.4. The summed E-state index contributed by atoms with van der Waals surface area (Å²) in [6.45, 7) is -2.96. The van der Waals surface area contributed by atoms with Crippen LogP contribution in [0, 0.1) is 0 Å². The molecule has 0 aromatic heterocycles. The van der Waals surface area contributed by atoms with Crippen LogP contribution in [0.4, 0.5) is 14.5 Å². The first-order valence-electron chi connectivity index (χ1n) is 6.49. The molecule has 2 aromatic rings. The van der Waals surface area contributed by atoms with E-state index in [4.69, 9.17) is 4.74 Å². The summed E-state index contributed by atoms with van der Waals surface area (Å²) in [5.41, 5.74) is 1.03. The Morgan fingerprint density at radius 2 is 1.77 bits per heavy atom. The van der Waals surface area contributed by atoms with Crippen LogP contribution in [-0.4, -0.2) is 26.7 Å². The topological polar surface area (TPSA) is 38.8 Å². The summed E-state index contributed by atoms with van der Waals surface area (Å²) < 4.78 is 33.9. The Labute approximate surface area is 126 Å². The van der Waals surface area contributed by atoms with E-state index in [0.717, 1.165) is 5.69 Å². The zero-order chi connectivity index (χ0) is 16.1. The molecule has 0 atom stereocenters. The van der Waals surface area contributed by atoms with E-state index >= 15 is 0 Å². The fourth-order valence-corrected chi connectivity index (χ4v) is 1.96. The minimum atomic E-state index is -2.96. The van der Waals surface area contributed by atoms with E-state index in [1.807, 2.05) is 18.2 Å². The van der Waals surface area contributed by atoms with Crippen molar-refractivity contribution >= 4 is 11.6 Å². The smallest absolute Gasteiger partial charge is 0.387 e. The van der Waals surface area contributed by atoms with Gasteiger partial charge in [-0.1, -0.05) is 18.2 Å². The second-order valence-corrected chi connectivity index (χ2v) is 4.44. The Bertz CT molecular complexity index is 647. The molecule has 0 aliphatic carbocycles. The number of hydrogen-bond donors (Lipinski definition) is 0. The second kappa shape index (κ2) is 6.89. The number of carbonyl (C=O) groups excluding carboxylic acids is 1. The highest BCUT2D eigenvalue weighted by Gasteiger charge is 2.17. The minimum absolute atomic E-state index is 0.0765. The van der Waals surface area contributed by atoms with E-state index in [9.17, 15) is 13.6 Å². The molecule has 0 spiro atoms. The number of rotatable bonds is 5. The summed E-state index contributed by atoms with van der Waals surface area (Å²) in [5.74, 6) is -0.322. The number of amides is 1. The van der Waals surface area contributed by atoms with E-state index in [2.05, 4.69) is 4.74 Å². The average Bonchev–Trinajstić information content (AvgIpc) is 2.54. The van der Waals surface area contributed by atoms with Gasteiger partial charge >= 0.3 is 6.61 Å². The number of carbonyl (C=O) groups is 1. The number of alkyl halides is 2. The molecular weight excluding hydrogens is 292 g/mol. The molecule has 4 nitrogen and oxygen atoms in total. The Kier molecular flexibility index (Phi) is 4.93. The molecule has 0 fully saturated rings. The van der Waals surface area contributed by atoms with Crippen LogP contribution in [0.5, 0.6) is 11.5 Å². The summed E-state index contributed by atoms with van der Waals surface area (Å²) in [4.78, 5) is 13.9. The first kappa shape index (κ1) is 15.8. The fourth-order valence-electron chi connectivity index (χ4n) is 1.96. The first-order valence-corrected chi connectivity index (χ1v) is 6.49. The first-order chi connectivity index (χ1) is 10.5. The molecule has 0 saturated carbocycles. The van der Waals surface area contributed by atoms with Crippen molar-refractivity contribution in [2.24, 2.45) is 0 Å². The lowest BCUT2D eigenvalue weighted by Gasteiger charge is -2.18. The molecule has 2 rings (SSSR count). The molecule has 0 aliphatic rings. The van der Waals surface area contributed by atoms with Crippen LogP contribution in [0.3, 0.4) is 0 Å². The third kappa shape index (κ3) is 3.52. The molecule has 0 heterocycles. The molecule has 2 aromatic carbocycles. The van der Waals surface area contributed by atoms with Crippen molar-refractivity contribution in [3.63, 3.8) is 0 Å². The Morgan fingerprint density at radius 3 is 2.36 bits per heavy atom. The van der Waals surface area contributed by atoms with Gasteiger partial charge in [-0.25, -0.2) is 0 Å². The van der Waals surface area contributed by atoms with Crippen LogP contribution < -0.4 is 14.4 Å². The fraction of sp³-hybridized carbons (Fsp3) is 0.188. The molecule has 0 saturated heterocycles. The maximum absolute atomic E-state index is 12.4. The monoisotopic (exact) mass is 307 g/mol. The zero-order valence-corrected chi connectivity index (χ0v) is 12.1. The maximum Gasteiger partial charge on any atom is 0.387 e. The van der Waals surface area contributed by atoms with Crippen molar-refractivity contribution in [1.82, 2.24) is 0 Å². The van der Waals surface area contributed by atoms with Crippen molar-refractivity contribution in [3.8, 4) is 11.5 Å². The molecule has 0 bridgehead atoms. The number of benzene rings is 2. The Balaban J connectivity index is 2.27. The molecular formula is C16H15F2NO3. The van der Waals surface area contributed by atoms with Gasteiger partial charge in [-0.2, -0.15) is 8.78 Å². The third-order valence-electron chi connectivity index (χ3n) is 3.07. The summed E-state index contributed by atoms with van der Waals surface area (Å²) in [6, 6.07) is 13.2. The van der Waals surface area contributed by atoms with Gasteiger partial charge in [0.1, 0.15) is 0 Å². The largest absolute Gasteiger partial charge is 0.493 e. The van der Waals surface area contributed by atoms with Gasteiger partial charge in [0.2, 0.25) is 0 Å². The van der Waals surface area contributed by atoms with Gasteiger partial charge in [0.05, 0.1) is 7.11 Å². The molecule has 0 radical (unpaired) electrons. The lowest BCUT2D eigenvalue weighted by atomic mass is 10.1. The van der Waals surface area contributed by atoms with Crippen molar-refractivity contribution in [3.05, 3.63) is 54.1 Å². The third-order valence-corrected chi connectivity index (χ3v) is 3.07. The Morgan fingerprint density at radius 1 is 1.09 bits per heavy atom. The van der Waals surface area contributed by atoms with Crippen molar-refractivity contribution in [1.29, 1.82) is 0 Å². The van der Waals surface area contributed by atoms with E-state index in [1.165, 1.54) is 30.2 Å². The van der Waals surface area contributed by atoms with Gasteiger partial charge in [0.25, 0.3) is 5.91 Å². The quantitative estimate of drug-likeness (QED) is 0.847. The van der Waals surface area contributed by atoms with Gasteiger partial charge in [0, 0.05) is 18.3 Å². The standard InChI is InChI=1S/C16H15F2NO3/c1-19(12-6-4-3-5-7-12)15(20)11-8-9-13(22-16(17)18)14(10-11)21-2/h3-10,16H,1-2H3. The van der Waals surface area contributed by atoms with E-state index in [-0.39, 0.29) is 17.4 Å². The van der Waals surface area contributed by atoms with Crippen LogP contribution in [0.15, 0.2) is 48.5 Å². The number of hydrogen-bond acceptors (Lipinski definition) is 3. The number of halogens is 2. The highest BCUT2D eigenvalue weighted by atomic mass is 19.3. The van der Waals surface area contributed by atoms with E-state index < -0.39 is 6.61 Å². The highest BCUT2D eigenvalue weighted by Crippen LogP contribution is 2.30. The van der Waals surface area contributed by atoms with Crippen LogP contribution in [0.2, 0.25) is 0 Å². The molecule has 0 N–H and O–H groups in total. The molecule has 6 heteroatoms. The molecule has 0 aliphatic heterocycles. The summed E-state index contributed by atoms with van der Waals surface area (Å²) in [6.07, 6.45) is 0. The average molecular weight is 307 g/mol. The highest BCUT2D eigenvalue weighted by molar-refractivity contribution is 6.06. The molecule has 0 unspecified atom stereocenters. The zero-order valence-electron chi connectivity index (χ0n) is 12.1. The summed E-state index contributed by atoms with van der Waals surface area (Å²) in [5, 5.41) is 0. The van der Waals surface area contributed by atoms with Gasteiger partial charge in [-0.15, -0.1) is 0 Å². The van der Waals surface area contributed by atoms with Crippen molar-refractivity contribution in [2.75, 3.05) is 19.1 Å². The van der Waals surface area contributed by atoms with E-state index in [0.29, 0.717) is 5.56 Å². The summed E-state index contributed by atoms with van der Waals surface area (Å²) >= 11 is 0.